The van der Waals surface area contributed by atoms with Gasteiger partial charge in [0, 0.05) is 37.4 Å². The van der Waals surface area contributed by atoms with Crippen LogP contribution in [0.3, 0.4) is 0 Å². The lowest BCUT2D eigenvalue weighted by Gasteiger charge is -2.09. The maximum absolute atomic E-state index is 12.0. The number of nitrogens with one attached hydrogen (secondary N) is 2. The summed E-state index contributed by atoms with van der Waals surface area (Å²) < 4.78 is 15.4. The molecule has 8 heteroatoms. The molecule has 0 aliphatic rings. The van der Waals surface area contributed by atoms with Gasteiger partial charge in [0.15, 0.2) is 16.6 Å². The van der Waals surface area contributed by atoms with E-state index < -0.39 is 0 Å². The molecular weight excluding hydrogens is 330 g/mol. The van der Waals surface area contributed by atoms with E-state index in [-0.39, 0.29) is 5.91 Å². The fourth-order valence-corrected chi connectivity index (χ4v) is 2.69. The molecule has 1 amide bonds. The van der Waals surface area contributed by atoms with Crippen molar-refractivity contribution in [2.45, 2.75) is 6.42 Å². The maximum atomic E-state index is 12.0. The lowest BCUT2D eigenvalue weighted by Crippen LogP contribution is -2.25. The van der Waals surface area contributed by atoms with E-state index in [1.54, 1.807) is 32.8 Å². The molecular formula is C16H21N3O4S. The number of methoxy groups -OCH3 is 3. The van der Waals surface area contributed by atoms with Gasteiger partial charge in [0.25, 0.3) is 5.91 Å². The number of hydrogen-bond acceptors (Lipinski definition) is 7. The van der Waals surface area contributed by atoms with E-state index in [0.29, 0.717) is 35.5 Å². The van der Waals surface area contributed by atoms with E-state index in [2.05, 4.69) is 15.6 Å². The highest BCUT2D eigenvalue weighted by atomic mass is 32.1. The Morgan fingerprint density at radius 2 is 2.00 bits per heavy atom. The molecule has 0 bridgehead atoms. The monoisotopic (exact) mass is 351 g/mol. The van der Waals surface area contributed by atoms with Crippen molar-refractivity contribution in [1.82, 2.24) is 10.3 Å². The van der Waals surface area contributed by atoms with Crippen LogP contribution in [0.25, 0.3) is 0 Å². The Balaban J connectivity index is 1.97. The van der Waals surface area contributed by atoms with Crippen LogP contribution in [0.15, 0.2) is 23.6 Å². The van der Waals surface area contributed by atoms with Crippen molar-refractivity contribution < 1.29 is 19.0 Å². The van der Waals surface area contributed by atoms with E-state index >= 15 is 0 Å². The van der Waals surface area contributed by atoms with Gasteiger partial charge in [-0.15, -0.1) is 11.3 Å². The molecule has 2 N–H and O–H groups in total. The first-order valence-electron chi connectivity index (χ1n) is 7.39. The fourth-order valence-electron chi connectivity index (χ4n) is 1.98. The van der Waals surface area contributed by atoms with E-state index in [4.69, 9.17) is 14.2 Å². The predicted octanol–water partition coefficient (Wildman–Crippen LogP) is 2.67. The molecule has 0 atom stereocenters. The first-order valence-corrected chi connectivity index (χ1v) is 8.27. The molecule has 0 saturated carbocycles. The van der Waals surface area contributed by atoms with Gasteiger partial charge >= 0.3 is 0 Å². The van der Waals surface area contributed by atoms with Crippen molar-refractivity contribution in [3.05, 3.63) is 29.3 Å². The van der Waals surface area contributed by atoms with Gasteiger partial charge in [-0.2, -0.15) is 0 Å². The molecule has 1 aromatic heterocycles. The summed E-state index contributed by atoms with van der Waals surface area (Å²) in [7, 11) is 4.80. The summed E-state index contributed by atoms with van der Waals surface area (Å²) in [6.45, 7) is 1.17. The van der Waals surface area contributed by atoms with Gasteiger partial charge in [-0.05, 0) is 18.6 Å². The Morgan fingerprint density at radius 3 is 2.71 bits per heavy atom. The van der Waals surface area contributed by atoms with Crippen LogP contribution >= 0.6 is 11.3 Å². The summed E-state index contributed by atoms with van der Waals surface area (Å²) in [6, 6.07) is 5.47. The zero-order chi connectivity index (χ0) is 17.4. The number of rotatable bonds is 9. The number of benzene rings is 1. The lowest BCUT2D eigenvalue weighted by atomic mass is 10.3. The third-order valence-corrected chi connectivity index (χ3v) is 3.94. The van der Waals surface area contributed by atoms with E-state index in [1.165, 1.54) is 11.3 Å². The van der Waals surface area contributed by atoms with Crippen LogP contribution in [0.1, 0.15) is 16.9 Å². The zero-order valence-electron chi connectivity index (χ0n) is 13.9. The van der Waals surface area contributed by atoms with Gasteiger partial charge in [0.05, 0.1) is 14.2 Å². The highest BCUT2D eigenvalue weighted by Crippen LogP contribution is 2.31. The van der Waals surface area contributed by atoms with E-state index in [0.717, 1.165) is 12.1 Å². The summed E-state index contributed by atoms with van der Waals surface area (Å²) in [5.41, 5.74) is 1.19. The Hall–Kier alpha value is -2.32. The molecule has 0 aliphatic heterocycles. The van der Waals surface area contributed by atoms with E-state index in [1.807, 2.05) is 12.1 Å². The van der Waals surface area contributed by atoms with Crippen LogP contribution in [0.4, 0.5) is 10.8 Å². The van der Waals surface area contributed by atoms with Gasteiger partial charge in [-0.1, -0.05) is 0 Å². The largest absolute Gasteiger partial charge is 0.493 e. The van der Waals surface area contributed by atoms with Crippen molar-refractivity contribution in [1.29, 1.82) is 0 Å². The quantitative estimate of drug-likeness (QED) is 0.676. The van der Waals surface area contributed by atoms with E-state index in [9.17, 15) is 4.79 Å². The topological polar surface area (TPSA) is 81.7 Å². The number of hydrogen-bond donors (Lipinski definition) is 2. The summed E-state index contributed by atoms with van der Waals surface area (Å²) in [5, 5.41) is 8.30. The smallest absolute Gasteiger partial charge is 0.270 e. The molecule has 130 valence electrons. The van der Waals surface area contributed by atoms with Gasteiger partial charge in [0.2, 0.25) is 0 Å². The molecule has 0 fully saturated rings. The Morgan fingerprint density at radius 1 is 1.21 bits per heavy atom. The SMILES string of the molecule is COCCCNC(=O)c1csc(Nc2ccc(OC)c(OC)c2)n1. The minimum absolute atomic E-state index is 0.192. The van der Waals surface area contributed by atoms with Crippen LogP contribution < -0.4 is 20.1 Å². The Kier molecular flexibility index (Phi) is 6.83. The normalized spacial score (nSPS) is 10.3. The summed E-state index contributed by atoms with van der Waals surface area (Å²) in [6.07, 6.45) is 0.767. The van der Waals surface area contributed by atoms with Crippen molar-refractivity contribution in [2.24, 2.45) is 0 Å². The number of carbonyl (C=O) groups is 1. The minimum atomic E-state index is -0.192. The molecule has 0 radical (unpaired) electrons. The molecule has 0 saturated heterocycles. The van der Waals surface area contributed by atoms with Gasteiger partial charge in [0.1, 0.15) is 5.69 Å². The number of anilines is 2. The molecule has 2 rings (SSSR count). The number of ether oxygens (including phenoxy) is 3. The average Bonchev–Trinajstić information content (AvgIpc) is 3.07. The predicted molar refractivity (Wildman–Crippen MR) is 93.8 cm³/mol. The molecule has 24 heavy (non-hydrogen) atoms. The summed E-state index contributed by atoms with van der Waals surface area (Å²) in [4.78, 5) is 16.3. The minimum Gasteiger partial charge on any atom is -0.493 e. The Bertz CT molecular complexity index is 675. The number of nitrogens with zero attached hydrogens (tertiary/aromatic N) is 1. The van der Waals surface area contributed by atoms with Crippen LogP contribution in [-0.4, -0.2) is 45.4 Å². The standard InChI is InChI=1S/C16H21N3O4S/c1-21-8-4-7-17-15(20)12-10-24-16(19-12)18-11-5-6-13(22-2)14(9-11)23-3/h5-6,9-10H,4,7-8H2,1-3H3,(H,17,20)(H,18,19). The van der Waals surface area contributed by atoms with Crippen LogP contribution in [0.2, 0.25) is 0 Å². The van der Waals surface area contributed by atoms with Crippen molar-refractivity contribution >= 4 is 28.1 Å². The second kappa shape index (κ2) is 9.09. The highest BCUT2D eigenvalue weighted by molar-refractivity contribution is 7.14. The zero-order valence-corrected chi connectivity index (χ0v) is 14.7. The Labute approximate surface area is 145 Å². The molecule has 0 spiro atoms. The average molecular weight is 351 g/mol. The van der Waals surface area contributed by atoms with Gasteiger partial charge in [-0.25, -0.2) is 4.98 Å². The highest BCUT2D eigenvalue weighted by Gasteiger charge is 2.11. The third kappa shape index (κ3) is 4.84. The molecule has 0 aliphatic carbocycles. The lowest BCUT2D eigenvalue weighted by molar-refractivity contribution is 0.0944. The third-order valence-electron chi connectivity index (χ3n) is 3.18. The molecule has 1 heterocycles. The number of aromatic nitrogens is 1. The molecule has 2 aromatic rings. The first kappa shape index (κ1) is 18.0. The van der Waals surface area contributed by atoms with Crippen LogP contribution in [0, 0.1) is 0 Å². The summed E-state index contributed by atoms with van der Waals surface area (Å²) >= 11 is 1.36. The molecule has 0 unspecified atom stereocenters. The first-order chi connectivity index (χ1) is 11.7. The van der Waals surface area contributed by atoms with Crippen molar-refractivity contribution in [3.63, 3.8) is 0 Å². The fraction of sp³-hybridized carbons (Fsp3) is 0.375. The molecule has 7 nitrogen and oxygen atoms in total. The van der Waals surface area contributed by atoms with Crippen LogP contribution in [-0.2, 0) is 4.74 Å². The molecule has 1 aromatic carbocycles. The summed E-state index contributed by atoms with van der Waals surface area (Å²) in [5.74, 6) is 1.08. The second-order valence-corrected chi connectivity index (χ2v) is 5.69. The van der Waals surface area contributed by atoms with Gasteiger partial charge < -0.3 is 24.8 Å². The maximum Gasteiger partial charge on any atom is 0.270 e. The van der Waals surface area contributed by atoms with Crippen molar-refractivity contribution in [2.75, 3.05) is 39.8 Å². The number of thiazole rings is 1. The second-order valence-electron chi connectivity index (χ2n) is 4.83. The van der Waals surface area contributed by atoms with Crippen molar-refractivity contribution in [3.8, 4) is 11.5 Å². The van der Waals surface area contributed by atoms with Crippen LogP contribution in [0.5, 0.6) is 11.5 Å². The van der Waals surface area contributed by atoms with Gasteiger partial charge in [-0.3, -0.25) is 4.79 Å². The number of carbonyl (C=O) groups excluding carboxylic acids is 1. The number of amides is 1.